The number of hydrogen-bond donors (Lipinski definition) is 1. The van der Waals surface area contributed by atoms with Gasteiger partial charge in [0.05, 0.1) is 24.2 Å². The van der Waals surface area contributed by atoms with E-state index in [0.29, 0.717) is 11.3 Å². The van der Waals surface area contributed by atoms with E-state index < -0.39 is 9.84 Å². The molecule has 3 rings (SSSR count). The average molecular weight is 431 g/mol. The van der Waals surface area contributed by atoms with E-state index in [4.69, 9.17) is 4.74 Å². The number of rotatable bonds is 7. The lowest BCUT2D eigenvalue weighted by molar-refractivity contribution is -0.121. The van der Waals surface area contributed by atoms with Gasteiger partial charge in [0.15, 0.2) is 9.84 Å². The Morgan fingerprint density at radius 2 is 1.80 bits per heavy atom. The molecule has 2 aromatic carbocycles. The molecule has 7 heteroatoms. The first kappa shape index (κ1) is 22.2. The molecule has 0 aromatic heterocycles. The molecule has 1 heterocycles. The van der Waals surface area contributed by atoms with Crippen LogP contribution in [-0.4, -0.2) is 46.3 Å². The van der Waals surface area contributed by atoms with E-state index in [1.165, 1.54) is 0 Å². The van der Waals surface area contributed by atoms with Crippen LogP contribution in [0.5, 0.6) is 5.75 Å². The van der Waals surface area contributed by atoms with Crippen molar-refractivity contribution in [1.29, 1.82) is 0 Å². The molecule has 2 aromatic rings. The molecule has 1 fully saturated rings. The van der Waals surface area contributed by atoms with Gasteiger partial charge in [0, 0.05) is 24.8 Å². The number of anilines is 1. The fourth-order valence-corrected chi connectivity index (χ4v) is 4.64. The molecule has 30 heavy (non-hydrogen) atoms. The summed E-state index contributed by atoms with van der Waals surface area (Å²) in [4.78, 5) is 15.1. The van der Waals surface area contributed by atoms with E-state index in [-0.39, 0.29) is 17.7 Å². The van der Waals surface area contributed by atoms with Crippen LogP contribution in [0.2, 0.25) is 0 Å². The number of methoxy groups -OCH3 is 1. The van der Waals surface area contributed by atoms with Crippen LogP contribution >= 0.6 is 0 Å². The summed E-state index contributed by atoms with van der Waals surface area (Å²) in [5.41, 5.74) is 3.01. The van der Waals surface area contributed by atoms with Gasteiger partial charge >= 0.3 is 0 Å². The Labute approximate surface area is 179 Å². The maximum Gasteiger partial charge on any atom is 0.224 e. The minimum absolute atomic E-state index is 0.0217. The van der Waals surface area contributed by atoms with Crippen molar-refractivity contribution in [2.24, 2.45) is 0 Å². The predicted molar refractivity (Wildman–Crippen MR) is 119 cm³/mol. The van der Waals surface area contributed by atoms with Crippen LogP contribution in [0.25, 0.3) is 0 Å². The molecule has 1 amide bonds. The number of ether oxygens (including phenoxy) is 1. The molecule has 0 saturated carbocycles. The SMILES string of the molecule is CCS(=O)(=O)c1ccc(N2CCC(NC(=O)Cc3ccc(C)c(OC)c3)CC2)cc1. The second kappa shape index (κ2) is 9.51. The van der Waals surface area contributed by atoms with E-state index >= 15 is 0 Å². The molecule has 1 aliphatic rings. The van der Waals surface area contributed by atoms with Gasteiger partial charge in [-0.3, -0.25) is 4.79 Å². The Hall–Kier alpha value is -2.54. The van der Waals surface area contributed by atoms with Gasteiger partial charge in [0.2, 0.25) is 5.91 Å². The molecule has 1 N–H and O–H groups in total. The second-order valence-electron chi connectivity index (χ2n) is 7.71. The minimum Gasteiger partial charge on any atom is -0.496 e. The number of aryl methyl sites for hydroxylation is 1. The number of nitrogens with one attached hydrogen (secondary N) is 1. The van der Waals surface area contributed by atoms with Crippen molar-refractivity contribution in [1.82, 2.24) is 5.32 Å². The topological polar surface area (TPSA) is 75.7 Å². The summed E-state index contributed by atoms with van der Waals surface area (Å²) in [5.74, 6) is 0.923. The highest BCUT2D eigenvalue weighted by Crippen LogP contribution is 2.23. The monoisotopic (exact) mass is 430 g/mol. The van der Waals surface area contributed by atoms with Crippen molar-refractivity contribution in [2.75, 3.05) is 30.9 Å². The van der Waals surface area contributed by atoms with Crippen molar-refractivity contribution in [2.45, 2.75) is 44.0 Å². The molecule has 0 radical (unpaired) electrons. The number of benzene rings is 2. The first-order valence-corrected chi connectivity index (χ1v) is 12.0. The smallest absolute Gasteiger partial charge is 0.224 e. The van der Waals surface area contributed by atoms with E-state index in [1.54, 1.807) is 26.2 Å². The highest BCUT2D eigenvalue weighted by atomic mass is 32.2. The highest BCUT2D eigenvalue weighted by molar-refractivity contribution is 7.91. The number of amides is 1. The summed E-state index contributed by atoms with van der Waals surface area (Å²) in [7, 11) is -1.54. The van der Waals surface area contributed by atoms with Gasteiger partial charge in [0.25, 0.3) is 0 Å². The number of hydrogen-bond acceptors (Lipinski definition) is 5. The zero-order chi connectivity index (χ0) is 21.7. The summed E-state index contributed by atoms with van der Waals surface area (Å²) >= 11 is 0. The molecule has 6 nitrogen and oxygen atoms in total. The average Bonchev–Trinajstić information content (AvgIpc) is 2.75. The van der Waals surface area contributed by atoms with Crippen molar-refractivity contribution >= 4 is 21.4 Å². The lowest BCUT2D eigenvalue weighted by Crippen LogP contribution is -2.45. The van der Waals surface area contributed by atoms with Crippen LogP contribution in [0.4, 0.5) is 5.69 Å². The molecule has 0 unspecified atom stereocenters. The summed E-state index contributed by atoms with van der Waals surface area (Å²) in [5, 5.41) is 3.14. The van der Waals surface area contributed by atoms with Gasteiger partial charge in [-0.15, -0.1) is 0 Å². The van der Waals surface area contributed by atoms with Crippen LogP contribution in [0.3, 0.4) is 0 Å². The number of sulfone groups is 1. The Bertz CT molecular complexity index is 979. The van der Waals surface area contributed by atoms with Crippen LogP contribution in [0.15, 0.2) is 47.4 Å². The van der Waals surface area contributed by atoms with Gasteiger partial charge in [0.1, 0.15) is 5.75 Å². The van der Waals surface area contributed by atoms with Gasteiger partial charge in [-0.2, -0.15) is 0 Å². The van der Waals surface area contributed by atoms with Crippen LogP contribution in [0, 0.1) is 6.92 Å². The maximum atomic E-state index is 12.5. The van der Waals surface area contributed by atoms with Crippen molar-refractivity contribution < 1.29 is 17.9 Å². The number of carbonyl (C=O) groups excluding carboxylic acids is 1. The third-order valence-corrected chi connectivity index (χ3v) is 7.39. The quantitative estimate of drug-likeness (QED) is 0.730. The Morgan fingerprint density at radius 1 is 1.13 bits per heavy atom. The summed E-state index contributed by atoms with van der Waals surface area (Å²) in [6.45, 7) is 5.27. The largest absolute Gasteiger partial charge is 0.496 e. The Balaban J connectivity index is 1.51. The first-order valence-electron chi connectivity index (χ1n) is 10.3. The van der Waals surface area contributed by atoms with Crippen molar-refractivity contribution in [3.05, 3.63) is 53.6 Å². The lowest BCUT2D eigenvalue weighted by Gasteiger charge is -2.34. The fraction of sp³-hybridized carbons (Fsp3) is 0.435. The van der Waals surface area contributed by atoms with Crippen LogP contribution < -0.4 is 15.0 Å². The summed E-state index contributed by atoms with van der Waals surface area (Å²) in [6.07, 6.45) is 2.06. The molecular weight excluding hydrogens is 400 g/mol. The molecule has 1 saturated heterocycles. The van der Waals surface area contributed by atoms with Crippen LogP contribution in [0.1, 0.15) is 30.9 Å². The van der Waals surface area contributed by atoms with Gasteiger partial charge in [-0.25, -0.2) is 8.42 Å². The maximum absolute atomic E-state index is 12.5. The number of carbonyl (C=O) groups is 1. The van der Waals surface area contributed by atoms with Gasteiger partial charge in [-0.1, -0.05) is 19.1 Å². The second-order valence-corrected chi connectivity index (χ2v) is 9.99. The molecule has 1 aliphatic heterocycles. The number of piperidine rings is 1. The van der Waals surface area contributed by atoms with Gasteiger partial charge in [-0.05, 0) is 61.2 Å². The minimum atomic E-state index is -3.17. The Morgan fingerprint density at radius 3 is 2.40 bits per heavy atom. The summed E-state index contributed by atoms with van der Waals surface area (Å²) in [6, 6.07) is 13.1. The molecule has 0 spiro atoms. The number of nitrogens with zero attached hydrogens (tertiary/aromatic N) is 1. The normalized spacial score (nSPS) is 15.1. The van der Waals surface area contributed by atoms with Gasteiger partial charge < -0.3 is 15.0 Å². The third-order valence-electron chi connectivity index (χ3n) is 5.64. The van der Waals surface area contributed by atoms with Crippen LogP contribution in [-0.2, 0) is 21.1 Å². The lowest BCUT2D eigenvalue weighted by atomic mass is 10.0. The first-order chi connectivity index (χ1) is 14.3. The molecular formula is C23H30N2O4S. The zero-order valence-corrected chi connectivity index (χ0v) is 18.7. The molecule has 0 atom stereocenters. The zero-order valence-electron chi connectivity index (χ0n) is 17.8. The molecule has 0 bridgehead atoms. The van der Waals surface area contributed by atoms with Crippen molar-refractivity contribution in [3.8, 4) is 5.75 Å². The van der Waals surface area contributed by atoms with E-state index in [1.807, 2.05) is 37.3 Å². The standard InChI is InChI=1S/C23H30N2O4S/c1-4-30(27,28)21-9-7-20(8-10-21)25-13-11-19(12-14-25)24-23(26)16-18-6-5-17(2)22(15-18)29-3/h5-10,15,19H,4,11-14,16H2,1-3H3,(H,24,26). The third kappa shape index (κ3) is 5.33. The van der Waals surface area contributed by atoms with Crippen molar-refractivity contribution in [3.63, 3.8) is 0 Å². The van der Waals surface area contributed by atoms with E-state index in [2.05, 4.69) is 10.2 Å². The Kier molecular flexibility index (Phi) is 7.02. The summed E-state index contributed by atoms with van der Waals surface area (Å²) < 4.78 is 29.2. The molecule has 0 aliphatic carbocycles. The molecule has 162 valence electrons. The fourth-order valence-electron chi connectivity index (χ4n) is 3.75. The highest BCUT2D eigenvalue weighted by Gasteiger charge is 2.21. The van der Waals surface area contributed by atoms with E-state index in [0.717, 1.165) is 48.5 Å². The predicted octanol–water partition coefficient (Wildman–Crippen LogP) is 3.12. The van der Waals surface area contributed by atoms with E-state index in [9.17, 15) is 13.2 Å².